The van der Waals surface area contributed by atoms with Crippen LogP contribution in [0.5, 0.6) is 0 Å². The molecule has 0 aliphatic heterocycles. The van der Waals surface area contributed by atoms with Gasteiger partial charge in [-0.05, 0) is 37.0 Å². The van der Waals surface area contributed by atoms with Crippen LogP contribution in [0.3, 0.4) is 0 Å². The van der Waals surface area contributed by atoms with E-state index in [1.807, 2.05) is 0 Å². The molecule has 13 heavy (non-hydrogen) atoms. The van der Waals surface area contributed by atoms with Gasteiger partial charge in [0.15, 0.2) is 0 Å². The zero-order chi connectivity index (χ0) is 9.94. The molecule has 1 heteroatoms. The SMILES string of the molecule is C=C(C)CCC=CC=CCCCI. The molecule has 0 aromatic heterocycles. The minimum atomic E-state index is 1.11. The predicted octanol–water partition coefficient (Wildman–Crippen LogP) is 4.67. The molecule has 0 unspecified atom stereocenters. The van der Waals surface area contributed by atoms with E-state index < -0.39 is 0 Å². The van der Waals surface area contributed by atoms with Gasteiger partial charge in [-0.1, -0.05) is 52.5 Å². The lowest BCUT2D eigenvalue weighted by molar-refractivity contribution is 0.979. The van der Waals surface area contributed by atoms with E-state index in [9.17, 15) is 0 Å². The summed E-state index contributed by atoms with van der Waals surface area (Å²) in [5.41, 5.74) is 1.26. The van der Waals surface area contributed by atoms with Crippen LogP contribution in [-0.4, -0.2) is 4.43 Å². The Hall–Kier alpha value is -0.0500. The van der Waals surface area contributed by atoms with Gasteiger partial charge in [-0.2, -0.15) is 0 Å². The fraction of sp³-hybridized carbons (Fsp3) is 0.500. The van der Waals surface area contributed by atoms with E-state index in [2.05, 4.69) is 60.4 Å². The highest BCUT2D eigenvalue weighted by molar-refractivity contribution is 14.1. The highest BCUT2D eigenvalue weighted by atomic mass is 127. The molecule has 0 nitrogen and oxygen atoms in total. The Kier molecular flexibility index (Phi) is 10.00. The molecule has 0 saturated heterocycles. The fourth-order valence-corrected chi connectivity index (χ4v) is 1.31. The molecule has 0 aromatic carbocycles. The zero-order valence-electron chi connectivity index (χ0n) is 8.43. The molecular formula is C12H19I. The van der Waals surface area contributed by atoms with Gasteiger partial charge in [0.2, 0.25) is 0 Å². The van der Waals surface area contributed by atoms with E-state index in [1.54, 1.807) is 0 Å². The molecule has 0 saturated carbocycles. The smallest absolute Gasteiger partial charge is 0.000178 e. The van der Waals surface area contributed by atoms with E-state index in [0.29, 0.717) is 0 Å². The lowest BCUT2D eigenvalue weighted by Gasteiger charge is -1.91. The number of hydrogen-bond donors (Lipinski definition) is 0. The summed E-state index contributed by atoms with van der Waals surface area (Å²) in [5.74, 6) is 0. The topological polar surface area (TPSA) is 0 Å². The van der Waals surface area contributed by atoms with Crippen molar-refractivity contribution in [1.82, 2.24) is 0 Å². The van der Waals surface area contributed by atoms with Crippen LogP contribution in [0, 0.1) is 0 Å². The van der Waals surface area contributed by atoms with Gasteiger partial charge in [0.25, 0.3) is 0 Å². The van der Waals surface area contributed by atoms with E-state index in [4.69, 9.17) is 0 Å². The quantitative estimate of drug-likeness (QED) is 0.210. The molecule has 0 aliphatic rings. The molecule has 0 heterocycles. The molecule has 0 aliphatic carbocycles. The first-order valence-corrected chi connectivity index (χ1v) is 6.32. The normalized spacial score (nSPS) is 11.5. The van der Waals surface area contributed by atoms with E-state index in [1.165, 1.54) is 22.8 Å². The molecule has 74 valence electrons. The van der Waals surface area contributed by atoms with Crippen LogP contribution in [0.15, 0.2) is 36.5 Å². The third-order valence-corrected chi connectivity index (χ3v) is 2.39. The molecule has 0 fully saturated rings. The summed E-state index contributed by atoms with van der Waals surface area (Å²) in [6, 6.07) is 0. The predicted molar refractivity (Wildman–Crippen MR) is 70.4 cm³/mol. The summed E-state index contributed by atoms with van der Waals surface area (Å²) < 4.78 is 1.25. The van der Waals surface area contributed by atoms with Gasteiger partial charge in [0.05, 0.1) is 0 Å². The highest BCUT2D eigenvalue weighted by Gasteiger charge is 1.81. The van der Waals surface area contributed by atoms with Crippen LogP contribution in [-0.2, 0) is 0 Å². The van der Waals surface area contributed by atoms with Crippen molar-refractivity contribution >= 4 is 22.6 Å². The standard InChI is InChI=1S/C12H19I/c1-12(2)10-8-6-4-3-5-7-9-11-13/h3-6H,1,7-11H2,2H3. The van der Waals surface area contributed by atoms with Crippen LogP contribution >= 0.6 is 22.6 Å². The van der Waals surface area contributed by atoms with Gasteiger partial charge in [-0.3, -0.25) is 0 Å². The first-order chi connectivity index (χ1) is 6.27. The number of alkyl halides is 1. The lowest BCUT2D eigenvalue weighted by atomic mass is 10.2. The second-order valence-electron chi connectivity index (χ2n) is 3.18. The first kappa shape index (κ1) is 12.9. The molecule has 0 bridgehead atoms. The summed E-state index contributed by atoms with van der Waals surface area (Å²) >= 11 is 2.41. The van der Waals surface area contributed by atoms with Crippen LogP contribution in [0.4, 0.5) is 0 Å². The monoisotopic (exact) mass is 290 g/mol. The van der Waals surface area contributed by atoms with Gasteiger partial charge in [-0.15, -0.1) is 6.58 Å². The van der Waals surface area contributed by atoms with Crippen molar-refractivity contribution in [3.05, 3.63) is 36.5 Å². The fourth-order valence-electron chi connectivity index (χ4n) is 0.874. The number of unbranched alkanes of at least 4 members (excludes halogenated alkanes) is 1. The maximum absolute atomic E-state index is 3.86. The van der Waals surface area contributed by atoms with Crippen LogP contribution in [0.1, 0.15) is 32.6 Å². The van der Waals surface area contributed by atoms with Gasteiger partial charge >= 0.3 is 0 Å². The van der Waals surface area contributed by atoms with Crippen molar-refractivity contribution in [2.75, 3.05) is 4.43 Å². The van der Waals surface area contributed by atoms with Crippen molar-refractivity contribution in [1.29, 1.82) is 0 Å². The summed E-state index contributed by atoms with van der Waals surface area (Å²) in [5, 5.41) is 0. The van der Waals surface area contributed by atoms with Crippen molar-refractivity contribution in [3.63, 3.8) is 0 Å². The lowest BCUT2D eigenvalue weighted by Crippen LogP contribution is -1.71. The average molecular weight is 290 g/mol. The Bertz CT molecular complexity index is 178. The maximum atomic E-state index is 3.86. The number of hydrogen-bond acceptors (Lipinski definition) is 0. The van der Waals surface area contributed by atoms with Gasteiger partial charge in [-0.25, -0.2) is 0 Å². The Morgan fingerprint density at radius 1 is 1.23 bits per heavy atom. The summed E-state index contributed by atoms with van der Waals surface area (Å²) in [7, 11) is 0. The van der Waals surface area contributed by atoms with Crippen molar-refractivity contribution in [3.8, 4) is 0 Å². The van der Waals surface area contributed by atoms with Gasteiger partial charge in [0, 0.05) is 0 Å². The minimum absolute atomic E-state index is 1.11. The second-order valence-corrected chi connectivity index (χ2v) is 4.26. The largest absolute Gasteiger partial charge is 0.100 e. The molecule has 0 atom stereocenters. The van der Waals surface area contributed by atoms with E-state index in [0.717, 1.165) is 12.8 Å². The van der Waals surface area contributed by atoms with Crippen molar-refractivity contribution < 1.29 is 0 Å². The average Bonchev–Trinajstić information content (AvgIpc) is 2.09. The highest BCUT2D eigenvalue weighted by Crippen LogP contribution is 2.01. The molecule has 0 spiro atoms. The number of allylic oxidation sites excluding steroid dienone is 5. The second kappa shape index (κ2) is 10.0. The number of halogens is 1. The summed E-state index contributed by atoms with van der Waals surface area (Å²) in [6.07, 6.45) is 13.4. The minimum Gasteiger partial charge on any atom is -0.100 e. The molecule has 0 aromatic rings. The Balaban J connectivity index is 3.29. The third kappa shape index (κ3) is 12.0. The molecule has 0 rings (SSSR count). The molecule has 0 radical (unpaired) electrons. The van der Waals surface area contributed by atoms with Crippen molar-refractivity contribution in [2.24, 2.45) is 0 Å². The number of rotatable bonds is 7. The van der Waals surface area contributed by atoms with E-state index in [-0.39, 0.29) is 0 Å². The summed E-state index contributed by atoms with van der Waals surface area (Å²) in [4.78, 5) is 0. The van der Waals surface area contributed by atoms with Crippen LogP contribution in [0.2, 0.25) is 0 Å². The Morgan fingerprint density at radius 2 is 1.85 bits per heavy atom. The van der Waals surface area contributed by atoms with Crippen LogP contribution in [0.25, 0.3) is 0 Å². The Morgan fingerprint density at radius 3 is 2.38 bits per heavy atom. The molecule has 0 N–H and O–H groups in total. The maximum Gasteiger partial charge on any atom is -0.000178 e. The summed E-state index contributed by atoms with van der Waals surface area (Å²) in [6.45, 7) is 5.93. The zero-order valence-corrected chi connectivity index (χ0v) is 10.6. The van der Waals surface area contributed by atoms with Gasteiger partial charge in [0.1, 0.15) is 0 Å². The van der Waals surface area contributed by atoms with E-state index >= 15 is 0 Å². The molecule has 0 amide bonds. The van der Waals surface area contributed by atoms with Crippen molar-refractivity contribution in [2.45, 2.75) is 32.6 Å². The van der Waals surface area contributed by atoms with Gasteiger partial charge < -0.3 is 0 Å². The molecular weight excluding hydrogens is 271 g/mol. The first-order valence-electron chi connectivity index (χ1n) is 4.79. The van der Waals surface area contributed by atoms with Crippen LogP contribution < -0.4 is 0 Å². The third-order valence-electron chi connectivity index (χ3n) is 1.63. The Labute approximate surface area is 95.9 Å².